The van der Waals surface area contributed by atoms with Crippen molar-refractivity contribution < 1.29 is 4.79 Å². The zero-order chi connectivity index (χ0) is 17.8. The molecule has 0 aliphatic heterocycles. The predicted octanol–water partition coefficient (Wildman–Crippen LogP) is 2.25. The molecule has 2 aromatic heterocycles. The maximum atomic E-state index is 12.5. The minimum atomic E-state index is -0.404. The Morgan fingerprint density at radius 1 is 1.26 bits per heavy atom. The lowest BCUT2D eigenvalue weighted by Crippen LogP contribution is -2.37. The number of carbonyl (C=O) groups excluding carboxylic acids is 1. The van der Waals surface area contributed by atoms with E-state index >= 15 is 0 Å². The van der Waals surface area contributed by atoms with Crippen molar-refractivity contribution in [2.24, 2.45) is 7.05 Å². The Labute approximate surface area is 171 Å². The van der Waals surface area contributed by atoms with Gasteiger partial charge in [-0.25, -0.2) is 4.98 Å². The largest absolute Gasteiger partial charge is 0.354 e. The summed E-state index contributed by atoms with van der Waals surface area (Å²) in [6.45, 7) is 3.51. The topological polar surface area (TPSA) is 76.8 Å². The first-order valence-electron chi connectivity index (χ1n) is 8.51. The first kappa shape index (κ1) is 23.0. The smallest absolute Gasteiger partial charge is 0.241 e. The van der Waals surface area contributed by atoms with E-state index in [4.69, 9.17) is 0 Å². The number of amides is 1. The summed E-state index contributed by atoms with van der Waals surface area (Å²) in [6, 6.07) is 7.70. The second kappa shape index (κ2) is 10.3. The van der Waals surface area contributed by atoms with Gasteiger partial charge < -0.3 is 15.2 Å². The molecule has 2 heterocycles. The molecule has 0 fully saturated rings. The molecule has 3 rings (SSSR count). The average Bonchev–Trinajstić information content (AvgIpc) is 3.18. The zero-order valence-corrected chi connectivity index (χ0v) is 17.3. The molecular weight excluding hydrogens is 387 g/mol. The third kappa shape index (κ3) is 5.00. The van der Waals surface area contributed by atoms with E-state index in [1.807, 2.05) is 31.4 Å². The lowest BCUT2D eigenvalue weighted by Gasteiger charge is -2.14. The fourth-order valence-corrected chi connectivity index (χ4v) is 3.11. The number of hydrogen-bond acceptors (Lipinski definition) is 4. The minimum absolute atomic E-state index is 0. The highest BCUT2D eigenvalue weighted by Gasteiger charge is 2.20. The molecule has 0 aliphatic carbocycles. The molecule has 9 heteroatoms. The van der Waals surface area contributed by atoms with Gasteiger partial charge >= 0.3 is 0 Å². The van der Waals surface area contributed by atoms with Gasteiger partial charge in [-0.2, -0.15) is 5.10 Å². The van der Waals surface area contributed by atoms with Crippen molar-refractivity contribution in [2.75, 3.05) is 13.6 Å². The van der Waals surface area contributed by atoms with Gasteiger partial charge in [0.05, 0.1) is 17.2 Å². The van der Waals surface area contributed by atoms with E-state index in [1.165, 1.54) is 0 Å². The van der Waals surface area contributed by atoms with Crippen LogP contribution in [0.15, 0.2) is 36.7 Å². The molecule has 1 amide bonds. The summed E-state index contributed by atoms with van der Waals surface area (Å²) in [5.41, 5.74) is 2.98. The van der Waals surface area contributed by atoms with E-state index in [0.717, 1.165) is 29.0 Å². The van der Waals surface area contributed by atoms with Gasteiger partial charge in [0.15, 0.2) is 0 Å². The van der Waals surface area contributed by atoms with Crippen LogP contribution in [0.3, 0.4) is 0 Å². The summed E-state index contributed by atoms with van der Waals surface area (Å²) in [5.74, 6) is 0.932. The number of benzene rings is 1. The Kier molecular flexibility index (Phi) is 8.75. The normalized spacial score (nSPS) is 11.5. The number of aryl methyl sites for hydroxylation is 2. The van der Waals surface area contributed by atoms with Crippen LogP contribution >= 0.6 is 24.8 Å². The Hall–Kier alpha value is -2.09. The number of nitrogens with zero attached hydrogens (tertiary/aromatic N) is 4. The van der Waals surface area contributed by atoms with Crippen LogP contribution in [0, 0.1) is 0 Å². The second-order valence-electron chi connectivity index (χ2n) is 5.97. The Balaban J connectivity index is 0.00000182. The number of aromatic nitrogens is 4. The molecule has 2 N–H and O–H groups in total. The van der Waals surface area contributed by atoms with Crippen molar-refractivity contribution >= 4 is 41.8 Å². The molecule has 1 atom stereocenters. The van der Waals surface area contributed by atoms with Crippen molar-refractivity contribution in [1.82, 2.24) is 30.0 Å². The Bertz CT molecular complexity index is 876. The molecule has 1 unspecified atom stereocenters. The molecule has 3 aromatic rings. The standard InChI is InChI=1S/C18H24N6O.2ClH/c1-4-24-15-8-6-5-7-14(15)22-16(24)9-10-20-18(25)17(19-2)13-11-21-23(3)12-13;;/h5-8,11-12,17,19H,4,9-10H2,1-3H3,(H,20,25);2*1H. The summed E-state index contributed by atoms with van der Waals surface area (Å²) in [4.78, 5) is 17.2. The number of likely N-dealkylation sites (N-methyl/N-ethyl adjacent to an activating group) is 1. The molecule has 7 nitrogen and oxygen atoms in total. The molecule has 0 spiro atoms. The quantitative estimate of drug-likeness (QED) is 0.623. The number of fused-ring (bicyclic) bond motifs is 1. The number of hydrogen-bond donors (Lipinski definition) is 2. The first-order chi connectivity index (χ1) is 12.1. The highest BCUT2D eigenvalue weighted by molar-refractivity contribution is 5.85. The van der Waals surface area contributed by atoms with E-state index in [9.17, 15) is 4.79 Å². The molecule has 0 saturated heterocycles. The fraction of sp³-hybridized carbons (Fsp3) is 0.389. The third-order valence-corrected chi connectivity index (χ3v) is 4.31. The van der Waals surface area contributed by atoms with Crippen LogP contribution in [-0.2, 0) is 24.8 Å². The lowest BCUT2D eigenvalue weighted by atomic mass is 10.1. The van der Waals surface area contributed by atoms with Crippen molar-refractivity contribution in [2.45, 2.75) is 25.9 Å². The van der Waals surface area contributed by atoms with Gasteiger partial charge in [0.25, 0.3) is 0 Å². The van der Waals surface area contributed by atoms with E-state index in [2.05, 4.69) is 38.3 Å². The van der Waals surface area contributed by atoms with E-state index < -0.39 is 6.04 Å². The van der Waals surface area contributed by atoms with Crippen LogP contribution < -0.4 is 10.6 Å². The van der Waals surface area contributed by atoms with Crippen molar-refractivity contribution in [3.8, 4) is 0 Å². The molecule has 148 valence electrons. The van der Waals surface area contributed by atoms with Gasteiger partial charge in [-0.15, -0.1) is 24.8 Å². The molecule has 27 heavy (non-hydrogen) atoms. The number of carbonyl (C=O) groups is 1. The highest BCUT2D eigenvalue weighted by atomic mass is 35.5. The van der Waals surface area contributed by atoms with Crippen LogP contribution in [0.1, 0.15) is 24.4 Å². The van der Waals surface area contributed by atoms with E-state index in [1.54, 1.807) is 17.9 Å². The van der Waals surface area contributed by atoms with Gasteiger partial charge in [-0.3, -0.25) is 9.48 Å². The highest BCUT2D eigenvalue weighted by Crippen LogP contribution is 2.16. The van der Waals surface area contributed by atoms with Crippen LogP contribution in [0.2, 0.25) is 0 Å². The summed E-state index contributed by atoms with van der Waals surface area (Å²) in [5, 5.41) is 10.2. The second-order valence-corrected chi connectivity index (χ2v) is 5.97. The lowest BCUT2D eigenvalue weighted by molar-refractivity contribution is -0.123. The van der Waals surface area contributed by atoms with Crippen LogP contribution in [0.5, 0.6) is 0 Å². The van der Waals surface area contributed by atoms with Gasteiger partial charge in [-0.05, 0) is 26.1 Å². The number of para-hydroxylation sites is 2. The Morgan fingerprint density at radius 2 is 2.00 bits per heavy atom. The number of nitrogens with one attached hydrogen (secondary N) is 2. The molecular formula is C18H26Cl2N6O. The molecule has 0 saturated carbocycles. The molecule has 0 bridgehead atoms. The molecule has 0 aliphatic rings. The predicted molar refractivity (Wildman–Crippen MR) is 112 cm³/mol. The van der Waals surface area contributed by atoms with Gasteiger partial charge in [0.1, 0.15) is 11.9 Å². The summed E-state index contributed by atoms with van der Waals surface area (Å²) >= 11 is 0. The maximum Gasteiger partial charge on any atom is 0.241 e. The van der Waals surface area contributed by atoms with Crippen molar-refractivity contribution in [3.05, 3.63) is 48.0 Å². The molecule has 0 radical (unpaired) electrons. The Morgan fingerprint density at radius 3 is 2.63 bits per heavy atom. The minimum Gasteiger partial charge on any atom is -0.354 e. The van der Waals surface area contributed by atoms with Crippen LogP contribution in [0.25, 0.3) is 11.0 Å². The average molecular weight is 413 g/mol. The van der Waals surface area contributed by atoms with Crippen LogP contribution in [-0.4, -0.2) is 38.8 Å². The zero-order valence-electron chi connectivity index (χ0n) is 15.7. The number of rotatable bonds is 7. The summed E-state index contributed by atoms with van der Waals surface area (Å²) in [7, 11) is 3.61. The van der Waals surface area contributed by atoms with Crippen molar-refractivity contribution in [3.63, 3.8) is 0 Å². The van der Waals surface area contributed by atoms with Gasteiger partial charge in [0, 0.05) is 38.3 Å². The third-order valence-electron chi connectivity index (χ3n) is 4.31. The maximum absolute atomic E-state index is 12.5. The van der Waals surface area contributed by atoms with Gasteiger partial charge in [-0.1, -0.05) is 12.1 Å². The van der Waals surface area contributed by atoms with Crippen molar-refractivity contribution in [1.29, 1.82) is 0 Å². The SMILES string of the molecule is CCn1c(CCNC(=O)C(NC)c2cnn(C)c2)nc2ccccc21.Cl.Cl. The monoisotopic (exact) mass is 412 g/mol. The number of halogens is 2. The van der Waals surface area contributed by atoms with E-state index in [-0.39, 0.29) is 30.7 Å². The summed E-state index contributed by atoms with van der Waals surface area (Å²) in [6.07, 6.45) is 4.24. The fourth-order valence-electron chi connectivity index (χ4n) is 3.11. The number of imidazole rings is 1. The molecule has 1 aromatic carbocycles. The van der Waals surface area contributed by atoms with Crippen LogP contribution in [0.4, 0.5) is 0 Å². The first-order valence-corrected chi connectivity index (χ1v) is 8.51. The van der Waals surface area contributed by atoms with E-state index in [0.29, 0.717) is 13.0 Å². The van der Waals surface area contributed by atoms with Gasteiger partial charge in [0.2, 0.25) is 5.91 Å². The summed E-state index contributed by atoms with van der Waals surface area (Å²) < 4.78 is 3.88.